The lowest BCUT2D eigenvalue weighted by molar-refractivity contribution is -0.384. The Bertz CT molecular complexity index is 1170. The van der Waals surface area contributed by atoms with Gasteiger partial charge in [0.15, 0.2) is 0 Å². The van der Waals surface area contributed by atoms with Crippen molar-refractivity contribution in [3.05, 3.63) is 107 Å². The number of benzene rings is 2. The van der Waals surface area contributed by atoms with Crippen LogP contribution in [0.2, 0.25) is 0 Å². The van der Waals surface area contributed by atoms with E-state index in [4.69, 9.17) is 0 Å². The zero-order chi connectivity index (χ0) is 20.9. The largest absolute Gasteiger partial charge is 0.346 e. The van der Waals surface area contributed by atoms with Gasteiger partial charge in [0.1, 0.15) is 0 Å². The highest BCUT2D eigenvalue weighted by molar-refractivity contribution is 6.00. The van der Waals surface area contributed by atoms with E-state index in [1.54, 1.807) is 23.0 Å². The summed E-state index contributed by atoms with van der Waals surface area (Å²) in [7, 11) is 0. The summed E-state index contributed by atoms with van der Waals surface area (Å²) in [6.45, 7) is 0.288. The Morgan fingerprint density at radius 2 is 1.73 bits per heavy atom. The predicted octanol–water partition coefficient (Wildman–Crippen LogP) is 3.77. The number of nitro groups is 1. The molecule has 0 saturated carbocycles. The molecule has 0 fully saturated rings. The molecule has 0 atom stereocenters. The lowest BCUT2D eigenvalue weighted by Crippen LogP contribution is -2.23. The third-order valence-corrected chi connectivity index (χ3v) is 4.52. The van der Waals surface area contributed by atoms with Crippen LogP contribution in [-0.4, -0.2) is 25.6 Å². The predicted molar refractivity (Wildman–Crippen MR) is 111 cm³/mol. The minimum atomic E-state index is -0.457. The van der Waals surface area contributed by atoms with Gasteiger partial charge in [-0.25, -0.2) is 4.68 Å². The molecule has 0 aliphatic heterocycles. The van der Waals surface area contributed by atoms with Gasteiger partial charge in [0.25, 0.3) is 11.6 Å². The molecule has 0 bridgehead atoms. The zero-order valence-corrected chi connectivity index (χ0v) is 15.8. The van der Waals surface area contributed by atoms with E-state index in [1.807, 2.05) is 48.5 Å². The van der Waals surface area contributed by atoms with Crippen molar-refractivity contribution in [1.29, 1.82) is 0 Å². The van der Waals surface area contributed by atoms with Crippen LogP contribution < -0.4 is 5.32 Å². The number of nitrogens with one attached hydrogen (secondary N) is 1. The SMILES string of the molecule is O=C(NCc1ccccn1)c1cnn(-c2ccc([N+](=O)[O-])cc2)c1-c1ccccc1. The molecular weight excluding hydrogens is 382 g/mol. The number of nitro benzene ring substituents is 1. The first-order valence-electron chi connectivity index (χ1n) is 9.20. The van der Waals surface area contributed by atoms with E-state index in [0.29, 0.717) is 16.9 Å². The second-order valence-electron chi connectivity index (χ2n) is 6.46. The Morgan fingerprint density at radius 3 is 2.40 bits per heavy atom. The third-order valence-electron chi connectivity index (χ3n) is 4.52. The molecule has 2 aromatic carbocycles. The highest BCUT2D eigenvalue weighted by Crippen LogP contribution is 2.27. The van der Waals surface area contributed by atoms with E-state index >= 15 is 0 Å². The van der Waals surface area contributed by atoms with Gasteiger partial charge in [-0.2, -0.15) is 5.10 Å². The molecule has 8 nitrogen and oxygen atoms in total. The number of carbonyl (C=O) groups is 1. The minimum Gasteiger partial charge on any atom is -0.346 e. The van der Waals surface area contributed by atoms with Gasteiger partial charge in [-0.05, 0) is 24.3 Å². The Labute approximate surface area is 172 Å². The van der Waals surface area contributed by atoms with Crippen LogP contribution in [-0.2, 0) is 6.54 Å². The molecule has 0 aliphatic rings. The number of hydrogen-bond donors (Lipinski definition) is 1. The van der Waals surface area contributed by atoms with Gasteiger partial charge in [-0.3, -0.25) is 19.9 Å². The van der Waals surface area contributed by atoms with Gasteiger partial charge in [0.05, 0.1) is 40.3 Å². The van der Waals surface area contributed by atoms with Crippen LogP contribution in [0.4, 0.5) is 5.69 Å². The standard InChI is InChI=1S/C22H17N5O3/c28-22(24-14-17-8-4-5-13-23-17)20-15-25-26(21(20)16-6-2-1-3-7-16)18-9-11-19(12-10-18)27(29)30/h1-13,15H,14H2,(H,24,28). The molecule has 0 radical (unpaired) electrons. The number of amides is 1. The Kier molecular flexibility index (Phi) is 5.29. The lowest BCUT2D eigenvalue weighted by atomic mass is 10.1. The fraction of sp³-hybridized carbons (Fsp3) is 0.0455. The van der Waals surface area contributed by atoms with Crippen molar-refractivity contribution in [2.24, 2.45) is 0 Å². The zero-order valence-electron chi connectivity index (χ0n) is 15.8. The number of hydrogen-bond acceptors (Lipinski definition) is 5. The molecule has 148 valence electrons. The number of nitrogens with zero attached hydrogens (tertiary/aromatic N) is 4. The van der Waals surface area contributed by atoms with Gasteiger partial charge < -0.3 is 5.32 Å². The molecule has 8 heteroatoms. The molecule has 30 heavy (non-hydrogen) atoms. The first-order valence-corrected chi connectivity index (χ1v) is 9.20. The van der Waals surface area contributed by atoms with Gasteiger partial charge >= 0.3 is 0 Å². The van der Waals surface area contributed by atoms with Crippen LogP contribution in [0.15, 0.2) is 85.2 Å². The minimum absolute atomic E-state index is 0.0134. The summed E-state index contributed by atoms with van der Waals surface area (Å²) in [5.74, 6) is -0.285. The van der Waals surface area contributed by atoms with Gasteiger partial charge in [-0.1, -0.05) is 36.4 Å². The molecular formula is C22H17N5O3. The summed E-state index contributed by atoms with van der Waals surface area (Å²) in [4.78, 5) is 27.6. The summed E-state index contributed by atoms with van der Waals surface area (Å²) in [6.07, 6.45) is 3.17. The van der Waals surface area contributed by atoms with Crippen molar-refractivity contribution < 1.29 is 9.72 Å². The topological polar surface area (TPSA) is 103 Å². The fourth-order valence-electron chi connectivity index (χ4n) is 3.07. The van der Waals surface area contributed by atoms with Crippen LogP contribution in [0.5, 0.6) is 0 Å². The van der Waals surface area contributed by atoms with E-state index in [9.17, 15) is 14.9 Å². The van der Waals surface area contributed by atoms with Crippen molar-refractivity contribution in [1.82, 2.24) is 20.1 Å². The summed E-state index contributed by atoms with van der Waals surface area (Å²) in [6, 6.07) is 20.9. The smallest absolute Gasteiger partial charge is 0.269 e. The Hall–Kier alpha value is -4.33. The van der Waals surface area contributed by atoms with E-state index in [1.165, 1.54) is 18.3 Å². The van der Waals surface area contributed by atoms with Crippen molar-refractivity contribution in [3.8, 4) is 16.9 Å². The maximum absolute atomic E-state index is 12.9. The number of pyridine rings is 1. The molecule has 0 spiro atoms. The molecule has 2 heterocycles. The molecule has 1 N–H and O–H groups in total. The van der Waals surface area contributed by atoms with Crippen LogP contribution in [0.1, 0.15) is 16.1 Å². The molecule has 2 aromatic heterocycles. The fourth-order valence-corrected chi connectivity index (χ4v) is 3.07. The second-order valence-corrected chi connectivity index (χ2v) is 6.46. The first kappa shape index (κ1) is 19.0. The third kappa shape index (κ3) is 3.93. The van der Waals surface area contributed by atoms with Crippen molar-refractivity contribution in [2.45, 2.75) is 6.54 Å². The van der Waals surface area contributed by atoms with Crippen molar-refractivity contribution in [2.75, 3.05) is 0 Å². The van der Waals surface area contributed by atoms with Crippen LogP contribution in [0.3, 0.4) is 0 Å². The normalized spacial score (nSPS) is 10.5. The quantitative estimate of drug-likeness (QED) is 0.393. The maximum Gasteiger partial charge on any atom is 0.269 e. The summed E-state index contributed by atoms with van der Waals surface area (Å²) < 4.78 is 1.61. The number of non-ortho nitro benzene ring substituents is 1. The Balaban J connectivity index is 1.70. The Morgan fingerprint density at radius 1 is 1.00 bits per heavy atom. The molecule has 0 aliphatic carbocycles. The number of rotatable bonds is 6. The first-order chi connectivity index (χ1) is 14.6. The monoisotopic (exact) mass is 399 g/mol. The van der Waals surface area contributed by atoms with Crippen molar-refractivity contribution >= 4 is 11.6 Å². The number of aromatic nitrogens is 3. The van der Waals surface area contributed by atoms with Gasteiger partial charge in [0, 0.05) is 23.9 Å². The van der Waals surface area contributed by atoms with E-state index in [2.05, 4.69) is 15.4 Å². The van der Waals surface area contributed by atoms with Crippen LogP contribution in [0.25, 0.3) is 16.9 Å². The van der Waals surface area contributed by atoms with Gasteiger partial charge in [0.2, 0.25) is 0 Å². The van der Waals surface area contributed by atoms with E-state index < -0.39 is 4.92 Å². The molecule has 4 aromatic rings. The second kappa shape index (κ2) is 8.36. The summed E-state index contributed by atoms with van der Waals surface area (Å²) >= 11 is 0. The summed E-state index contributed by atoms with van der Waals surface area (Å²) in [5, 5.41) is 18.2. The molecule has 1 amide bonds. The highest BCUT2D eigenvalue weighted by atomic mass is 16.6. The molecule has 0 unspecified atom stereocenters. The molecule has 4 rings (SSSR count). The maximum atomic E-state index is 12.9. The van der Waals surface area contributed by atoms with E-state index in [-0.39, 0.29) is 18.1 Å². The lowest BCUT2D eigenvalue weighted by Gasteiger charge is -2.10. The average Bonchev–Trinajstić information content (AvgIpc) is 3.24. The van der Waals surface area contributed by atoms with E-state index in [0.717, 1.165) is 11.3 Å². The van der Waals surface area contributed by atoms with Crippen LogP contribution >= 0.6 is 0 Å². The van der Waals surface area contributed by atoms with Gasteiger partial charge in [-0.15, -0.1) is 0 Å². The van der Waals surface area contributed by atoms with Crippen LogP contribution in [0, 0.1) is 10.1 Å². The van der Waals surface area contributed by atoms with Crippen molar-refractivity contribution in [3.63, 3.8) is 0 Å². The molecule has 0 saturated heterocycles. The summed E-state index contributed by atoms with van der Waals surface area (Å²) in [5.41, 5.74) is 3.15. The highest BCUT2D eigenvalue weighted by Gasteiger charge is 2.20. The number of carbonyl (C=O) groups excluding carboxylic acids is 1. The average molecular weight is 399 g/mol.